The zero-order valence-corrected chi connectivity index (χ0v) is 15.7. The number of aliphatic hydroxyl groups is 1. The van der Waals surface area contributed by atoms with E-state index in [0.717, 1.165) is 18.5 Å². The van der Waals surface area contributed by atoms with E-state index in [1.54, 1.807) is 24.7 Å². The SMILES string of the molecule is C[C@H]1CN(C(=O)c2cc(C3CC3)n(C)n2)Cc2onc([C@@](C)(O)C(F)(F)F)c21. The highest BCUT2D eigenvalue weighted by molar-refractivity contribution is 5.92. The number of carbonyl (C=O) groups excluding carboxylic acids is 1. The number of fused-ring (bicyclic) bond motifs is 1. The van der Waals surface area contributed by atoms with E-state index in [2.05, 4.69) is 10.3 Å². The summed E-state index contributed by atoms with van der Waals surface area (Å²) in [4.78, 5) is 14.4. The van der Waals surface area contributed by atoms with Gasteiger partial charge in [0.25, 0.3) is 5.91 Å². The third-order valence-corrected chi connectivity index (χ3v) is 5.56. The topological polar surface area (TPSA) is 84.4 Å². The summed E-state index contributed by atoms with van der Waals surface area (Å²) in [5.74, 6) is -0.188. The summed E-state index contributed by atoms with van der Waals surface area (Å²) in [5, 5.41) is 17.8. The standard InChI is InChI=1S/C18H21F3N4O3/c1-9-7-25(16(26)11-6-12(10-4-5-10)24(3)22-11)8-13-14(9)15(23-28-13)17(2,27)18(19,20)21/h6,9-10,27H,4-5,7-8H2,1-3H3/t9-,17+/m0/s1. The second kappa shape index (κ2) is 6.07. The van der Waals surface area contributed by atoms with Crippen LogP contribution in [0.2, 0.25) is 0 Å². The molecule has 1 saturated carbocycles. The molecule has 0 spiro atoms. The lowest BCUT2D eigenvalue weighted by Crippen LogP contribution is -2.42. The lowest BCUT2D eigenvalue weighted by molar-refractivity contribution is -0.261. The van der Waals surface area contributed by atoms with Crippen molar-refractivity contribution in [3.8, 4) is 0 Å². The van der Waals surface area contributed by atoms with Gasteiger partial charge in [0, 0.05) is 36.7 Å². The number of hydrogen-bond donors (Lipinski definition) is 1. The molecule has 1 N–H and O–H groups in total. The van der Waals surface area contributed by atoms with Gasteiger partial charge in [0.1, 0.15) is 5.69 Å². The molecule has 2 atom stereocenters. The fourth-order valence-corrected chi connectivity index (χ4v) is 3.76. The minimum atomic E-state index is -4.89. The van der Waals surface area contributed by atoms with Crippen molar-refractivity contribution in [3.63, 3.8) is 0 Å². The lowest BCUT2D eigenvalue weighted by atomic mass is 9.87. The first-order valence-electron chi connectivity index (χ1n) is 9.12. The molecule has 0 saturated heterocycles. The molecule has 3 heterocycles. The smallest absolute Gasteiger partial charge is 0.375 e. The van der Waals surface area contributed by atoms with Gasteiger partial charge in [-0.05, 0) is 25.8 Å². The van der Waals surface area contributed by atoms with Crippen molar-refractivity contribution in [2.45, 2.75) is 56.8 Å². The van der Waals surface area contributed by atoms with E-state index >= 15 is 0 Å². The highest BCUT2D eigenvalue weighted by Gasteiger charge is 2.55. The van der Waals surface area contributed by atoms with Crippen LogP contribution in [0, 0.1) is 0 Å². The number of alkyl halides is 3. The summed E-state index contributed by atoms with van der Waals surface area (Å²) in [6.45, 7) is 2.50. The summed E-state index contributed by atoms with van der Waals surface area (Å²) in [5.41, 5.74) is -2.13. The van der Waals surface area contributed by atoms with Crippen LogP contribution in [-0.2, 0) is 19.2 Å². The highest BCUT2D eigenvalue weighted by atomic mass is 19.4. The van der Waals surface area contributed by atoms with Gasteiger partial charge in [0.2, 0.25) is 5.60 Å². The van der Waals surface area contributed by atoms with Crippen LogP contribution in [0.15, 0.2) is 10.6 Å². The molecule has 1 amide bonds. The van der Waals surface area contributed by atoms with E-state index in [0.29, 0.717) is 18.5 Å². The Kier molecular flexibility index (Phi) is 4.11. The molecule has 2 aromatic heterocycles. The fraction of sp³-hybridized carbons (Fsp3) is 0.611. The first-order chi connectivity index (χ1) is 13.0. The van der Waals surface area contributed by atoms with Gasteiger partial charge in [-0.25, -0.2) is 0 Å². The summed E-state index contributed by atoms with van der Waals surface area (Å²) >= 11 is 0. The van der Waals surface area contributed by atoms with E-state index in [-0.39, 0.29) is 30.3 Å². The van der Waals surface area contributed by atoms with Crippen LogP contribution < -0.4 is 0 Å². The number of halogens is 3. The second-order valence-electron chi connectivity index (χ2n) is 7.88. The van der Waals surface area contributed by atoms with Gasteiger partial charge in [-0.3, -0.25) is 9.48 Å². The van der Waals surface area contributed by atoms with E-state index < -0.39 is 23.4 Å². The van der Waals surface area contributed by atoms with Gasteiger partial charge in [-0.1, -0.05) is 12.1 Å². The van der Waals surface area contributed by atoms with Crippen LogP contribution in [0.1, 0.15) is 71.7 Å². The molecule has 152 valence electrons. The molecule has 0 bridgehead atoms. The molecular weight excluding hydrogens is 377 g/mol. The molecule has 1 aliphatic carbocycles. The summed E-state index contributed by atoms with van der Waals surface area (Å²) in [6, 6.07) is 1.78. The van der Waals surface area contributed by atoms with Crippen LogP contribution in [0.25, 0.3) is 0 Å². The quantitative estimate of drug-likeness (QED) is 0.860. The molecule has 7 nitrogen and oxygen atoms in total. The molecule has 0 aromatic carbocycles. The normalized spacial score (nSPS) is 22.1. The maximum absolute atomic E-state index is 13.2. The first kappa shape index (κ1) is 19.0. The predicted octanol–water partition coefficient (Wildman–Crippen LogP) is 2.81. The van der Waals surface area contributed by atoms with Crippen LogP contribution >= 0.6 is 0 Å². The van der Waals surface area contributed by atoms with E-state index in [1.807, 2.05) is 0 Å². The first-order valence-corrected chi connectivity index (χ1v) is 9.12. The van der Waals surface area contributed by atoms with Gasteiger partial charge in [0.15, 0.2) is 11.5 Å². The monoisotopic (exact) mass is 398 g/mol. The molecule has 2 aromatic rings. The molecule has 28 heavy (non-hydrogen) atoms. The largest absolute Gasteiger partial charge is 0.422 e. The number of amides is 1. The Morgan fingerprint density at radius 1 is 1.36 bits per heavy atom. The van der Waals surface area contributed by atoms with Gasteiger partial charge in [0.05, 0.1) is 6.54 Å². The van der Waals surface area contributed by atoms with Gasteiger partial charge >= 0.3 is 6.18 Å². The molecule has 10 heteroatoms. The van der Waals surface area contributed by atoms with Crippen molar-refractivity contribution >= 4 is 5.91 Å². The fourth-order valence-electron chi connectivity index (χ4n) is 3.76. The number of aromatic nitrogens is 3. The van der Waals surface area contributed by atoms with Crippen LogP contribution in [0.3, 0.4) is 0 Å². The van der Waals surface area contributed by atoms with Crippen molar-refractivity contribution in [1.29, 1.82) is 0 Å². The van der Waals surface area contributed by atoms with E-state index in [9.17, 15) is 23.1 Å². The van der Waals surface area contributed by atoms with Crippen LogP contribution in [0.4, 0.5) is 13.2 Å². The van der Waals surface area contributed by atoms with Crippen molar-refractivity contribution < 1.29 is 27.6 Å². The zero-order chi connectivity index (χ0) is 20.4. The van der Waals surface area contributed by atoms with Gasteiger partial charge in [-0.15, -0.1) is 0 Å². The average Bonchev–Trinajstić information content (AvgIpc) is 3.21. The van der Waals surface area contributed by atoms with Crippen molar-refractivity contribution in [2.24, 2.45) is 7.05 Å². The molecule has 1 aliphatic heterocycles. The summed E-state index contributed by atoms with van der Waals surface area (Å²) in [6.07, 6.45) is -2.73. The van der Waals surface area contributed by atoms with Crippen molar-refractivity contribution in [1.82, 2.24) is 19.8 Å². The Morgan fingerprint density at radius 3 is 2.64 bits per heavy atom. The molecule has 0 radical (unpaired) electrons. The third kappa shape index (κ3) is 2.90. The Labute approximate surface area is 159 Å². The van der Waals surface area contributed by atoms with E-state index in [1.165, 1.54) is 4.90 Å². The Hall–Kier alpha value is -2.36. The van der Waals surface area contributed by atoms with Crippen LogP contribution in [-0.4, -0.2) is 43.6 Å². The minimum absolute atomic E-state index is 0.0191. The van der Waals surface area contributed by atoms with Crippen LogP contribution in [0.5, 0.6) is 0 Å². The van der Waals surface area contributed by atoms with Crippen molar-refractivity contribution in [2.75, 3.05) is 6.54 Å². The zero-order valence-electron chi connectivity index (χ0n) is 15.7. The molecule has 2 aliphatic rings. The lowest BCUT2D eigenvalue weighted by Gasteiger charge is -2.32. The van der Waals surface area contributed by atoms with Gasteiger partial charge < -0.3 is 14.5 Å². The number of carbonyl (C=O) groups is 1. The summed E-state index contributed by atoms with van der Waals surface area (Å²) in [7, 11) is 1.79. The highest BCUT2D eigenvalue weighted by Crippen LogP contribution is 2.44. The number of hydrogen-bond acceptors (Lipinski definition) is 5. The molecule has 4 rings (SSSR count). The maximum atomic E-state index is 13.2. The van der Waals surface area contributed by atoms with Gasteiger partial charge in [-0.2, -0.15) is 18.3 Å². The Balaban J connectivity index is 1.61. The van der Waals surface area contributed by atoms with E-state index in [4.69, 9.17) is 4.52 Å². The Morgan fingerprint density at radius 2 is 2.04 bits per heavy atom. The van der Waals surface area contributed by atoms with Crippen molar-refractivity contribution in [3.05, 3.63) is 34.5 Å². The minimum Gasteiger partial charge on any atom is -0.375 e. The maximum Gasteiger partial charge on any atom is 0.422 e. The average molecular weight is 398 g/mol. The predicted molar refractivity (Wildman–Crippen MR) is 90.5 cm³/mol. The Bertz CT molecular complexity index is 927. The number of rotatable bonds is 3. The number of nitrogens with zero attached hydrogens (tertiary/aromatic N) is 4. The molecule has 1 fully saturated rings. The number of aryl methyl sites for hydroxylation is 1. The third-order valence-electron chi connectivity index (χ3n) is 5.56. The molecule has 0 unspecified atom stereocenters. The summed E-state index contributed by atoms with van der Waals surface area (Å²) < 4.78 is 46.5. The molecular formula is C18H21F3N4O3. The second-order valence-corrected chi connectivity index (χ2v) is 7.88.